The van der Waals surface area contributed by atoms with E-state index >= 15 is 0 Å². The average Bonchev–Trinajstić information content (AvgIpc) is 2.33. The van der Waals surface area contributed by atoms with Crippen LogP contribution in [-0.2, 0) is 0 Å². The largest absolute Gasteiger partial charge is 0.389 e. The summed E-state index contributed by atoms with van der Waals surface area (Å²) in [5.41, 5.74) is 7.13. The van der Waals surface area contributed by atoms with Gasteiger partial charge in [-0.1, -0.05) is 23.8 Å². The molecule has 6 heteroatoms. The quantitative estimate of drug-likeness (QED) is 0.831. The monoisotopic (exact) mass is 341 g/mol. The van der Waals surface area contributed by atoms with Gasteiger partial charge in [-0.2, -0.15) is 0 Å². The van der Waals surface area contributed by atoms with Crippen LogP contribution < -0.4 is 11.1 Å². The minimum absolute atomic E-state index is 0.335. The van der Waals surface area contributed by atoms with Gasteiger partial charge >= 0.3 is 0 Å². The van der Waals surface area contributed by atoms with Crippen LogP contribution in [0.1, 0.15) is 5.56 Å². The van der Waals surface area contributed by atoms with E-state index in [9.17, 15) is 0 Å². The van der Waals surface area contributed by atoms with Crippen molar-refractivity contribution < 1.29 is 0 Å². The van der Waals surface area contributed by atoms with E-state index in [0.29, 0.717) is 15.8 Å². The van der Waals surface area contributed by atoms with Crippen molar-refractivity contribution in [1.29, 1.82) is 0 Å². The van der Waals surface area contributed by atoms with Gasteiger partial charge in [-0.25, -0.2) is 4.98 Å². The van der Waals surface area contributed by atoms with Crippen LogP contribution in [0.5, 0.6) is 0 Å². The lowest BCUT2D eigenvalue weighted by atomic mass is 10.2. The van der Waals surface area contributed by atoms with E-state index in [-0.39, 0.29) is 0 Å². The average molecular weight is 343 g/mol. The fourth-order valence-electron chi connectivity index (χ4n) is 1.34. The Kier molecular flexibility index (Phi) is 4.16. The molecule has 1 aromatic heterocycles. The van der Waals surface area contributed by atoms with E-state index < -0.39 is 0 Å². The molecule has 0 saturated heterocycles. The number of anilines is 2. The van der Waals surface area contributed by atoms with Gasteiger partial charge in [-0.3, -0.25) is 0 Å². The Morgan fingerprint density at radius 3 is 2.67 bits per heavy atom. The maximum absolute atomic E-state index is 5.87. The maximum Gasteiger partial charge on any atom is 0.130 e. The van der Waals surface area contributed by atoms with Gasteiger partial charge in [-0.05, 0) is 46.3 Å². The van der Waals surface area contributed by atoms with Crippen LogP contribution in [0.2, 0.25) is 5.02 Å². The molecule has 0 unspecified atom stereocenters. The summed E-state index contributed by atoms with van der Waals surface area (Å²) in [6.45, 7) is 0. The number of rotatable bonds is 3. The lowest BCUT2D eigenvalue weighted by Crippen LogP contribution is -2.09. The number of aromatic nitrogens is 1. The highest BCUT2D eigenvalue weighted by Gasteiger charge is 2.03. The second-order valence-corrected chi connectivity index (χ2v) is 5.28. The van der Waals surface area contributed by atoms with Crippen molar-refractivity contribution in [2.24, 2.45) is 5.73 Å². The molecular formula is C12H9BrClN3S. The summed E-state index contributed by atoms with van der Waals surface area (Å²) in [6, 6.07) is 9.12. The lowest BCUT2D eigenvalue weighted by Gasteiger charge is -2.08. The predicted octanol–water partition coefficient (Wildman–Crippen LogP) is 3.88. The van der Waals surface area contributed by atoms with Gasteiger partial charge in [0.05, 0.1) is 5.69 Å². The molecule has 0 bridgehead atoms. The SMILES string of the molecule is NC(=S)c1ccc(Nc2ccc(Cl)cc2Br)nc1. The zero-order chi connectivity index (χ0) is 13.1. The van der Waals surface area contributed by atoms with Crippen molar-refractivity contribution in [3.63, 3.8) is 0 Å². The van der Waals surface area contributed by atoms with E-state index in [1.54, 1.807) is 12.3 Å². The van der Waals surface area contributed by atoms with Gasteiger partial charge in [-0.15, -0.1) is 0 Å². The van der Waals surface area contributed by atoms with Crippen molar-refractivity contribution in [2.45, 2.75) is 0 Å². The summed E-state index contributed by atoms with van der Waals surface area (Å²) >= 11 is 14.2. The third-order valence-corrected chi connectivity index (χ3v) is 3.37. The Balaban J connectivity index is 2.21. The zero-order valence-electron chi connectivity index (χ0n) is 9.15. The molecule has 0 spiro atoms. The summed E-state index contributed by atoms with van der Waals surface area (Å²) in [6.07, 6.45) is 1.63. The molecule has 0 aliphatic carbocycles. The fourth-order valence-corrected chi connectivity index (χ4v) is 2.24. The third kappa shape index (κ3) is 3.19. The van der Waals surface area contributed by atoms with E-state index in [2.05, 4.69) is 26.2 Å². The third-order valence-electron chi connectivity index (χ3n) is 2.24. The standard InChI is InChI=1S/C12H9BrClN3S/c13-9-5-8(14)2-3-10(9)17-11-4-1-7(6-16-11)12(15)18/h1-6H,(H2,15,18)(H,16,17). The molecule has 18 heavy (non-hydrogen) atoms. The summed E-state index contributed by atoms with van der Waals surface area (Å²) in [5.74, 6) is 0.707. The predicted molar refractivity (Wildman–Crippen MR) is 82.6 cm³/mol. The molecule has 0 saturated carbocycles. The normalized spacial score (nSPS) is 10.1. The molecule has 1 aromatic carbocycles. The Morgan fingerprint density at radius 2 is 2.11 bits per heavy atom. The van der Waals surface area contributed by atoms with Crippen molar-refractivity contribution in [1.82, 2.24) is 4.98 Å². The van der Waals surface area contributed by atoms with Gasteiger partial charge in [0.15, 0.2) is 0 Å². The molecular weight excluding hydrogens is 334 g/mol. The van der Waals surface area contributed by atoms with Gasteiger partial charge < -0.3 is 11.1 Å². The van der Waals surface area contributed by atoms with Crippen LogP contribution >= 0.6 is 39.7 Å². The number of pyridine rings is 1. The zero-order valence-corrected chi connectivity index (χ0v) is 12.3. The summed E-state index contributed by atoms with van der Waals surface area (Å²) in [4.78, 5) is 4.56. The highest BCUT2D eigenvalue weighted by atomic mass is 79.9. The first-order valence-electron chi connectivity index (χ1n) is 5.04. The topological polar surface area (TPSA) is 50.9 Å². The summed E-state index contributed by atoms with van der Waals surface area (Å²) in [5, 5.41) is 3.84. The van der Waals surface area contributed by atoms with E-state index in [1.807, 2.05) is 24.3 Å². The number of nitrogens with two attached hydrogens (primary N) is 1. The van der Waals surface area contributed by atoms with Crippen molar-refractivity contribution in [2.75, 3.05) is 5.32 Å². The minimum atomic E-state index is 0.335. The Morgan fingerprint density at radius 1 is 1.33 bits per heavy atom. The second kappa shape index (κ2) is 5.65. The summed E-state index contributed by atoms with van der Waals surface area (Å²) in [7, 11) is 0. The molecule has 92 valence electrons. The first-order valence-corrected chi connectivity index (χ1v) is 6.62. The molecule has 3 N–H and O–H groups in total. The van der Waals surface area contributed by atoms with Crippen molar-refractivity contribution >= 4 is 56.2 Å². The molecule has 0 radical (unpaired) electrons. The molecule has 0 atom stereocenters. The molecule has 0 aliphatic heterocycles. The van der Waals surface area contributed by atoms with Crippen LogP contribution in [0.3, 0.4) is 0 Å². The van der Waals surface area contributed by atoms with Crippen molar-refractivity contribution in [3.05, 3.63) is 51.6 Å². The van der Waals surface area contributed by atoms with Crippen LogP contribution in [0.25, 0.3) is 0 Å². The smallest absolute Gasteiger partial charge is 0.130 e. The molecule has 0 aliphatic rings. The molecule has 2 aromatic rings. The van der Waals surface area contributed by atoms with Gasteiger partial charge in [0.25, 0.3) is 0 Å². The maximum atomic E-state index is 5.87. The first-order chi connectivity index (χ1) is 8.56. The Labute approximate surface area is 123 Å². The van der Waals surface area contributed by atoms with E-state index in [4.69, 9.17) is 29.6 Å². The molecule has 2 rings (SSSR count). The number of hydrogen-bond donors (Lipinski definition) is 2. The van der Waals surface area contributed by atoms with Crippen molar-refractivity contribution in [3.8, 4) is 0 Å². The Bertz CT molecular complexity index is 586. The first kappa shape index (κ1) is 13.3. The highest BCUT2D eigenvalue weighted by Crippen LogP contribution is 2.27. The van der Waals surface area contributed by atoms with Crippen LogP contribution in [0.15, 0.2) is 41.0 Å². The fraction of sp³-hybridized carbons (Fsp3) is 0. The van der Waals surface area contributed by atoms with Gasteiger partial charge in [0.2, 0.25) is 0 Å². The number of nitrogens with zero attached hydrogens (tertiary/aromatic N) is 1. The lowest BCUT2D eigenvalue weighted by molar-refractivity contribution is 1.29. The molecule has 3 nitrogen and oxygen atoms in total. The number of nitrogens with one attached hydrogen (secondary N) is 1. The highest BCUT2D eigenvalue weighted by molar-refractivity contribution is 9.10. The second-order valence-electron chi connectivity index (χ2n) is 3.55. The van der Waals surface area contributed by atoms with Gasteiger partial charge in [0.1, 0.15) is 10.8 Å². The number of benzene rings is 1. The van der Waals surface area contributed by atoms with Crippen LogP contribution in [0, 0.1) is 0 Å². The molecule has 0 fully saturated rings. The molecule has 1 heterocycles. The van der Waals surface area contributed by atoms with E-state index in [1.165, 1.54) is 0 Å². The Hall–Kier alpha value is -1.17. The van der Waals surface area contributed by atoms with Gasteiger partial charge in [0, 0.05) is 21.3 Å². The number of thiocarbonyl (C=S) groups is 1. The van der Waals surface area contributed by atoms with E-state index in [0.717, 1.165) is 15.7 Å². The summed E-state index contributed by atoms with van der Waals surface area (Å²) < 4.78 is 0.871. The van der Waals surface area contributed by atoms with Crippen LogP contribution in [0.4, 0.5) is 11.5 Å². The minimum Gasteiger partial charge on any atom is -0.389 e. The number of hydrogen-bond acceptors (Lipinski definition) is 3. The van der Waals surface area contributed by atoms with Crippen LogP contribution in [-0.4, -0.2) is 9.97 Å². The molecule has 0 amide bonds. The number of halogens is 2.